The standard InChI is InChI=1S/C16H23N5O2.ClH/c1-11-13(20-15(23-11)12-8-19-21(3)9-12)14(22)18-10-16(2)4-6-17-7-5-16;/h8-9,17H,4-7,10H2,1-3H3,(H,18,22);1H. The summed E-state index contributed by atoms with van der Waals surface area (Å²) in [5, 5.41) is 10.4. The molecule has 2 aromatic rings. The molecular formula is C16H24ClN5O2. The molecule has 0 spiro atoms. The van der Waals surface area contributed by atoms with Gasteiger partial charge in [0.1, 0.15) is 5.76 Å². The normalized spacial score (nSPS) is 16.5. The summed E-state index contributed by atoms with van der Waals surface area (Å²) in [7, 11) is 1.83. The maximum Gasteiger partial charge on any atom is 0.273 e. The largest absolute Gasteiger partial charge is 0.440 e. The number of aromatic nitrogens is 3. The van der Waals surface area contributed by atoms with Crippen LogP contribution in [-0.4, -0.2) is 40.3 Å². The Morgan fingerprint density at radius 1 is 1.46 bits per heavy atom. The summed E-state index contributed by atoms with van der Waals surface area (Å²) in [4.78, 5) is 16.8. The van der Waals surface area contributed by atoms with Crippen molar-refractivity contribution in [1.82, 2.24) is 25.4 Å². The molecule has 0 radical (unpaired) electrons. The number of carbonyl (C=O) groups is 1. The highest BCUT2D eigenvalue weighted by atomic mass is 35.5. The van der Waals surface area contributed by atoms with Gasteiger partial charge in [-0.2, -0.15) is 5.10 Å². The van der Waals surface area contributed by atoms with Gasteiger partial charge in [-0.3, -0.25) is 9.48 Å². The van der Waals surface area contributed by atoms with Gasteiger partial charge in [0.25, 0.3) is 5.91 Å². The minimum Gasteiger partial charge on any atom is -0.440 e. The molecule has 3 rings (SSSR count). The van der Waals surface area contributed by atoms with Gasteiger partial charge in [0.05, 0.1) is 11.8 Å². The predicted molar refractivity (Wildman–Crippen MR) is 93.2 cm³/mol. The van der Waals surface area contributed by atoms with E-state index in [2.05, 4.69) is 27.6 Å². The van der Waals surface area contributed by atoms with Crippen molar-refractivity contribution in [2.24, 2.45) is 12.5 Å². The van der Waals surface area contributed by atoms with Crippen LogP contribution in [0.5, 0.6) is 0 Å². The fraction of sp³-hybridized carbons (Fsp3) is 0.562. The second-order valence-corrected chi connectivity index (χ2v) is 6.57. The number of carbonyl (C=O) groups excluding carboxylic acids is 1. The predicted octanol–water partition coefficient (Wildman–Crippen LogP) is 1.92. The van der Waals surface area contributed by atoms with Gasteiger partial charge in [0, 0.05) is 19.8 Å². The molecule has 2 aromatic heterocycles. The monoisotopic (exact) mass is 353 g/mol. The SMILES string of the molecule is Cc1oc(-c2cnn(C)c2)nc1C(=O)NCC1(C)CCNCC1.Cl. The Balaban J connectivity index is 0.00000208. The number of hydrogen-bond donors (Lipinski definition) is 2. The van der Waals surface area contributed by atoms with Crippen LogP contribution < -0.4 is 10.6 Å². The molecule has 1 aliphatic heterocycles. The van der Waals surface area contributed by atoms with E-state index in [4.69, 9.17) is 4.42 Å². The lowest BCUT2D eigenvalue weighted by molar-refractivity contribution is 0.0916. The summed E-state index contributed by atoms with van der Waals surface area (Å²) >= 11 is 0. The maximum absolute atomic E-state index is 12.4. The summed E-state index contributed by atoms with van der Waals surface area (Å²) in [6.07, 6.45) is 5.60. The number of aryl methyl sites for hydroxylation is 2. The molecule has 132 valence electrons. The van der Waals surface area contributed by atoms with Crippen LogP contribution in [0.4, 0.5) is 0 Å². The lowest BCUT2D eigenvalue weighted by Gasteiger charge is -2.34. The highest BCUT2D eigenvalue weighted by Crippen LogP contribution is 2.27. The maximum atomic E-state index is 12.4. The Morgan fingerprint density at radius 3 is 2.79 bits per heavy atom. The van der Waals surface area contributed by atoms with E-state index in [1.165, 1.54) is 0 Å². The Kier molecular flexibility index (Phi) is 5.66. The molecule has 1 saturated heterocycles. The first kappa shape index (κ1) is 18.5. The van der Waals surface area contributed by atoms with Crippen LogP contribution in [0.1, 0.15) is 36.0 Å². The van der Waals surface area contributed by atoms with E-state index in [9.17, 15) is 4.79 Å². The van der Waals surface area contributed by atoms with Crippen molar-refractivity contribution < 1.29 is 9.21 Å². The smallest absolute Gasteiger partial charge is 0.273 e. The number of nitrogens with zero attached hydrogens (tertiary/aromatic N) is 3. The Bertz CT molecular complexity index is 703. The van der Waals surface area contributed by atoms with Crippen LogP contribution in [0.3, 0.4) is 0 Å². The van der Waals surface area contributed by atoms with Crippen LogP contribution >= 0.6 is 12.4 Å². The molecule has 7 nitrogen and oxygen atoms in total. The molecule has 0 aliphatic carbocycles. The van der Waals surface area contributed by atoms with Crippen LogP contribution in [0.2, 0.25) is 0 Å². The number of nitrogens with one attached hydrogen (secondary N) is 2. The van der Waals surface area contributed by atoms with Crippen molar-refractivity contribution in [1.29, 1.82) is 0 Å². The molecule has 1 amide bonds. The lowest BCUT2D eigenvalue weighted by Crippen LogP contribution is -2.43. The van der Waals surface area contributed by atoms with Crippen molar-refractivity contribution in [3.63, 3.8) is 0 Å². The lowest BCUT2D eigenvalue weighted by atomic mass is 9.81. The second kappa shape index (κ2) is 7.36. The zero-order valence-corrected chi connectivity index (χ0v) is 15.1. The van der Waals surface area contributed by atoms with Crippen molar-refractivity contribution in [2.45, 2.75) is 26.7 Å². The molecule has 0 atom stereocenters. The van der Waals surface area contributed by atoms with Gasteiger partial charge in [-0.25, -0.2) is 4.98 Å². The number of oxazole rings is 1. The highest BCUT2D eigenvalue weighted by molar-refractivity contribution is 5.93. The van der Waals surface area contributed by atoms with Gasteiger partial charge in [0.15, 0.2) is 5.69 Å². The van der Waals surface area contributed by atoms with Crippen LogP contribution in [0.15, 0.2) is 16.8 Å². The van der Waals surface area contributed by atoms with Crippen LogP contribution in [0.25, 0.3) is 11.5 Å². The first-order chi connectivity index (χ1) is 11.0. The van der Waals surface area contributed by atoms with E-state index in [-0.39, 0.29) is 23.7 Å². The average Bonchev–Trinajstić information content (AvgIpc) is 3.12. The van der Waals surface area contributed by atoms with Gasteiger partial charge in [-0.1, -0.05) is 6.92 Å². The molecule has 2 N–H and O–H groups in total. The molecule has 8 heteroatoms. The van der Waals surface area contributed by atoms with Gasteiger partial charge in [-0.15, -0.1) is 12.4 Å². The number of halogens is 1. The van der Waals surface area contributed by atoms with E-state index in [0.717, 1.165) is 31.5 Å². The number of rotatable bonds is 4. The third-order valence-corrected chi connectivity index (χ3v) is 4.45. The summed E-state index contributed by atoms with van der Waals surface area (Å²) in [5.74, 6) is 0.770. The van der Waals surface area contributed by atoms with Crippen molar-refractivity contribution in [2.75, 3.05) is 19.6 Å². The molecular weight excluding hydrogens is 330 g/mol. The zero-order valence-electron chi connectivity index (χ0n) is 14.3. The Hall–Kier alpha value is -1.86. The number of amides is 1. The van der Waals surface area contributed by atoms with Gasteiger partial charge < -0.3 is 15.1 Å². The van der Waals surface area contributed by atoms with E-state index in [1.807, 2.05) is 13.2 Å². The van der Waals surface area contributed by atoms with Gasteiger partial charge in [0.2, 0.25) is 5.89 Å². The Morgan fingerprint density at radius 2 is 2.17 bits per heavy atom. The molecule has 0 saturated carbocycles. The van der Waals surface area contributed by atoms with Crippen molar-refractivity contribution in [3.8, 4) is 11.5 Å². The zero-order chi connectivity index (χ0) is 16.4. The highest BCUT2D eigenvalue weighted by Gasteiger charge is 2.28. The fourth-order valence-corrected chi connectivity index (χ4v) is 2.85. The van der Waals surface area contributed by atoms with Crippen molar-refractivity contribution >= 4 is 18.3 Å². The van der Waals surface area contributed by atoms with Crippen molar-refractivity contribution in [3.05, 3.63) is 23.8 Å². The topological polar surface area (TPSA) is 85.0 Å². The van der Waals surface area contributed by atoms with E-state index < -0.39 is 0 Å². The van der Waals surface area contributed by atoms with Crippen LogP contribution in [-0.2, 0) is 7.05 Å². The molecule has 1 aliphatic rings. The third kappa shape index (κ3) is 3.96. The average molecular weight is 354 g/mol. The first-order valence-electron chi connectivity index (χ1n) is 7.92. The molecule has 0 unspecified atom stereocenters. The van der Waals surface area contributed by atoms with Gasteiger partial charge >= 0.3 is 0 Å². The van der Waals surface area contributed by atoms with E-state index in [0.29, 0.717) is 23.9 Å². The molecule has 0 aromatic carbocycles. The number of piperidine rings is 1. The first-order valence-corrected chi connectivity index (χ1v) is 7.92. The minimum atomic E-state index is -0.179. The molecule has 24 heavy (non-hydrogen) atoms. The van der Waals surface area contributed by atoms with Crippen LogP contribution in [0, 0.1) is 12.3 Å². The summed E-state index contributed by atoms with van der Waals surface area (Å²) in [6, 6.07) is 0. The molecule has 3 heterocycles. The fourth-order valence-electron chi connectivity index (χ4n) is 2.85. The minimum absolute atomic E-state index is 0. The summed E-state index contributed by atoms with van der Waals surface area (Å²) in [5.41, 5.74) is 1.26. The molecule has 1 fully saturated rings. The van der Waals surface area contributed by atoms with E-state index >= 15 is 0 Å². The summed E-state index contributed by atoms with van der Waals surface area (Å²) < 4.78 is 7.29. The van der Waals surface area contributed by atoms with E-state index in [1.54, 1.807) is 17.8 Å². The second-order valence-electron chi connectivity index (χ2n) is 6.57. The number of hydrogen-bond acceptors (Lipinski definition) is 5. The quantitative estimate of drug-likeness (QED) is 0.877. The van der Waals surface area contributed by atoms with Gasteiger partial charge in [-0.05, 0) is 38.3 Å². The summed E-state index contributed by atoms with van der Waals surface area (Å²) in [6.45, 7) is 6.63. The Labute approximate surface area is 147 Å². The third-order valence-electron chi connectivity index (χ3n) is 4.45. The molecule has 0 bridgehead atoms.